The second kappa shape index (κ2) is 23.7. The Balaban J connectivity index is 1.35. The summed E-state index contributed by atoms with van der Waals surface area (Å²) >= 11 is 0. The molecule has 0 saturated carbocycles. The lowest BCUT2D eigenvalue weighted by atomic mass is 10.1. The Morgan fingerprint density at radius 2 is 0.771 bits per heavy atom. The first-order valence-corrected chi connectivity index (χ1v) is 43.4. The lowest BCUT2D eigenvalue weighted by Gasteiger charge is -2.41. The van der Waals surface area contributed by atoms with E-state index in [-0.39, 0.29) is 11.8 Å². The molecular weight excluding hydrogens is 985 g/mol. The number of allylic oxidation sites excluding steroid dienone is 1. The van der Waals surface area contributed by atoms with Gasteiger partial charge in [-0.2, -0.15) is 0 Å². The highest BCUT2D eigenvalue weighted by molar-refractivity contribution is 7.01. The minimum atomic E-state index is -3.04. The minimum absolute atomic E-state index is 0.0692. The molecule has 8 nitrogen and oxygen atoms in total. The molecule has 0 bridgehead atoms. The van der Waals surface area contributed by atoms with Crippen molar-refractivity contribution in [2.75, 3.05) is 13.2 Å². The lowest BCUT2D eigenvalue weighted by Crippen LogP contribution is -2.66. The highest BCUT2D eigenvalue weighted by atomic mass is 28.5. The SMILES string of the molecule is C=C(C)C(=O)CCCO[Si](C)(O[Si](C)(C)c1ccc([Si](C)(C)O[Si](C)(O[Si](C)(C)c2ccc([Si](C)(C)O[Si](C)(CCCOC(=O)C(=C)C)c3ccccc3)cc2)c2ccccc2)cc1)c1ccccc1. The van der Waals surface area contributed by atoms with Gasteiger partial charge in [-0.05, 0) is 147 Å². The van der Waals surface area contributed by atoms with Gasteiger partial charge in [0.15, 0.2) is 5.78 Å². The van der Waals surface area contributed by atoms with Gasteiger partial charge in [0.25, 0.3) is 0 Å². The summed E-state index contributed by atoms with van der Waals surface area (Å²) in [6.07, 6.45) is 1.75. The van der Waals surface area contributed by atoms with Crippen molar-refractivity contribution >= 4 is 107 Å². The molecule has 3 unspecified atom stereocenters. The number of ketones is 1. The smallest absolute Gasteiger partial charge is 0.359 e. The van der Waals surface area contributed by atoms with Gasteiger partial charge in [0.1, 0.15) is 0 Å². The fourth-order valence-electron chi connectivity index (χ4n) is 9.05. The largest absolute Gasteiger partial charge is 0.462 e. The van der Waals surface area contributed by atoms with E-state index in [9.17, 15) is 9.59 Å². The molecule has 0 aliphatic carbocycles. The molecule has 3 atom stereocenters. The molecule has 0 radical (unpaired) electrons. The maximum absolute atomic E-state index is 12.3. The third-order valence-electron chi connectivity index (χ3n) is 13.1. The third-order valence-corrected chi connectivity index (χ3v) is 41.1. The highest BCUT2D eigenvalue weighted by Gasteiger charge is 2.47. The van der Waals surface area contributed by atoms with Crippen LogP contribution in [0, 0.1) is 0 Å². The van der Waals surface area contributed by atoms with Crippen LogP contribution in [0.5, 0.6) is 0 Å². The first kappa shape index (κ1) is 56.9. The van der Waals surface area contributed by atoms with Crippen molar-refractivity contribution in [3.05, 3.63) is 164 Å². The number of ether oxygens (including phenoxy) is 1. The van der Waals surface area contributed by atoms with Crippen LogP contribution in [0.2, 0.25) is 78.1 Å². The molecule has 0 aliphatic rings. The predicted octanol–water partition coefficient (Wildman–Crippen LogP) is 8.99. The average Bonchev–Trinajstić information content (AvgIpc) is 3.32. The summed E-state index contributed by atoms with van der Waals surface area (Å²) in [6.45, 7) is 36.6. The molecule has 0 N–H and O–H groups in total. The van der Waals surface area contributed by atoms with E-state index in [2.05, 4.69) is 194 Å². The van der Waals surface area contributed by atoms with E-state index >= 15 is 0 Å². The first-order valence-electron chi connectivity index (χ1n) is 24.6. The van der Waals surface area contributed by atoms with Gasteiger partial charge in [0.05, 0.1) is 6.61 Å². The van der Waals surface area contributed by atoms with Gasteiger partial charge in [0, 0.05) is 18.6 Å². The van der Waals surface area contributed by atoms with Crippen LogP contribution in [0.25, 0.3) is 0 Å². The van der Waals surface area contributed by atoms with Crippen LogP contribution in [0.4, 0.5) is 0 Å². The summed E-state index contributed by atoms with van der Waals surface area (Å²) in [6, 6.07) is 50.2. The van der Waals surface area contributed by atoms with E-state index in [1.807, 2.05) is 30.3 Å². The number of Topliss-reactive ketones (excluding diaryl/α,β-unsaturated/α-hetero) is 1. The van der Waals surface area contributed by atoms with E-state index < -0.39 is 58.7 Å². The fourth-order valence-corrected chi connectivity index (χ4v) is 38.4. The van der Waals surface area contributed by atoms with Gasteiger partial charge >= 0.3 is 23.1 Å². The second-order valence-electron chi connectivity index (χ2n) is 21.0. The maximum atomic E-state index is 12.3. The van der Waals surface area contributed by atoms with Crippen molar-refractivity contribution in [2.24, 2.45) is 0 Å². The number of rotatable bonds is 26. The quantitative estimate of drug-likeness (QED) is 0.0235. The zero-order valence-corrected chi connectivity index (χ0v) is 51.2. The van der Waals surface area contributed by atoms with Crippen LogP contribution < -0.4 is 36.3 Å². The predicted molar refractivity (Wildman–Crippen MR) is 309 cm³/mol. The molecule has 15 heteroatoms. The van der Waals surface area contributed by atoms with Gasteiger partial charge < -0.3 is 25.6 Å². The molecule has 0 fully saturated rings. The standard InChI is InChI=1S/C55H78O8Si7/c1-45(2)54(56)33-25-43-59-69(14,52-29-21-17-22-30-52)61-65(7,8)48-38-40-50(41-39-48)67(11,12)63-70(15,53-31-23-18-24-32-53)62-66(9,10)49-36-34-47(35-37-49)64(5,6)60-68(13,51-27-19-16-20-28-51)44-26-42-58-55(57)46(3)4/h16-24,27-32,34-41H,1,3,25-26,33,42-44H2,2,4-15H3. The second-order valence-corrected chi connectivity index (χ2v) is 47.4. The Morgan fingerprint density at radius 1 is 0.414 bits per heavy atom. The van der Waals surface area contributed by atoms with E-state index in [1.165, 1.54) is 25.9 Å². The normalized spacial score (nSPS) is 15.0. The van der Waals surface area contributed by atoms with Gasteiger partial charge in [-0.15, -0.1) is 0 Å². The Labute approximate surface area is 427 Å². The molecular formula is C55H78O8Si7. The average molecular weight is 1060 g/mol. The van der Waals surface area contributed by atoms with Gasteiger partial charge in [-0.3, -0.25) is 4.79 Å². The third kappa shape index (κ3) is 15.0. The Bertz CT molecular complexity index is 2380. The van der Waals surface area contributed by atoms with Crippen LogP contribution in [0.3, 0.4) is 0 Å². The van der Waals surface area contributed by atoms with E-state index in [1.54, 1.807) is 13.8 Å². The van der Waals surface area contributed by atoms with Crippen molar-refractivity contribution in [3.8, 4) is 0 Å². The summed E-state index contributed by atoms with van der Waals surface area (Å²) < 4.78 is 41.8. The number of benzene rings is 5. The topological polar surface area (TPSA) is 89.5 Å². The van der Waals surface area contributed by atoms with Crippen molar-refractivity contribution < 1.29 is 35.2 Å². The number of carbonyl (C=O) groups excluding carboxylic acids is 2. The number of esters is 1. The van der Waals surface area contributed by atoms with Crippen molar-refractivity contribution in [2.45, 2.75) is 111 Å². The maximum Gasteiger partial charge on any atom is 0.359 e. The van der Waals surface area contributed by atoms with Gasteiger partial charge in [-0.25, -0.2) is 4.79 Å². The minimum Gasteiger partial charge on any atom is -0.462 e. The summed E-state index contributed by atoms with van der Waals surface area (Å²) in [5.74, 6) is -0.282. The molecule has 0 aliphatic heterocycles. The monoisotopic (exact) mass is 1060 g/mol. The van der Waals surface area contributed by atoms with Crippen molar-refractivity contribution in [1.29, 1.82) is 0 Å². The first-order chi connectivity index (χ1) is 32.7. The number of carbonyl (C=O) groups is 2. The summed E-state index contributed by atoms with van der Waals surface area (Å²) in [5.41, 5.74) is 0.986. The van der Waals surface area contributed by atoms with Gasteiger partial charge in [0.2, 0.25) is 41.6 Å². The summed E-state index contributed by atoms with van der Waals surface area (Å²) in [4.78, 5) is 24.4. The highest BCUT2D eigenvalue weighted by Crippen LogP contribution is 2.25. The summed E-state index contributed by atoms with van der Waals surface area (Å²) in [5, 5.41) is 8.22. The van der Waals surface area contributed by atoms with Crippen LogP contribution in [0.1, 0.15) is 33.1 Å². The lowest BCUT2D eigenvalue weighted by molar-refractivity contribution is -0.138. The molecule has 0 amide bonds. The molecule has 0 saturated heterocycles. The molecule has 0 heterocycles. The van der Waals surface area contributed by atoms with E-state index in [4.69, 9.17) is 25.6 Å². The molecule has 374 valence electrons. The molecule has 5 aromatic rings. The van der Waals surface area contributed by atoms with Crippen LogP contribution in [-0.2, 0) is 35.2 Å². The molecule has 5 aromatic carbocycles. The summed E-state index contributed by atoms with van der Waals surface area (Å²) in [7, 11) is -18.4. The molecule has 0 aromatic heterocycles. The van der Waals surface area contributed by atoms with Crippen LogP contribution in [-0.4, -0.2) is 83.7 Å². The number of hydrogen-bond donors (Lipinski definition) is 0. The Kier molecular flexibility index (Phi) is 19.3. The zero-order chi connectivity index (χ0) is 51.6. The zero-order valence-electron chi connectivity index (χ0n) is 44.2. The Hall–Kier alpha value is -3.96. The molecule has 70 heavy (non-hydrogen) atoms. The van der Waals surface area contributed by atoms with E-state index in [0.717, 1.165) is 22.8 Å². The molecule has 5 rings (SSSR count). The van der Waals surface area contributed by atoms with Crippen LogP contribution in [0.15, 0.2) is 164 Å². The number of hydrogen-bond acceptors (Lipinski definition) is 8. The van der Waals surface area contributed by atoms with Crippen molar-refractivity contribution in [1.82, 2.24) is 0 Å². The molecule has 0 spiro atoms. The van der Waals surface area contributed by atoms with Crippen molar-refractivity contribution in [3.63, 3.8) is 0 Å². The Morgan fingerprint density at radius 3 is 1.16 bits per heavy atom. The van der Waals surface area contributed by atoms with Crippen LogP contribution >= 0.6 is 0 Å². The van der Waals surface area contributed by atoms with E-state index in [0.29, 0.717) is 37.2 Å². The van der Waals surface area contributed by atoms with Gasteiger partial charge in [-0.1, -0.05) is 153 Å². The fraction of sp³-hybridized carbons (Fsp3) is 0.345.